The molecule has 1 aliphatic carbocycles. The molecule has 1 fully saturated rings. The zero-order valence-corrected chi connectivity index (χ0v) is 12.6. The quantitative estimate of drug-likeness (QED) is 0.756. The smallest absolute Gasteiger partial charge is 0.240 e. The van der Waals surface area contributed by atoms with Crippen molar-refractivity contribution in [3.05, 3.63) is 18.2 Å². The summed E-state index contributed by atoms with van der Waals surface area (Å²) in [6.45, 7) is 2.68. The Morgan fingerprint density at radius 1 is 1.40 bits per heavy atom. The average molecular weight is 298 g/mol. The van der Waals surface area contributed by atoms with Crippen LogP contribution in [0.15, 0.2) is 23.1 Å². The van der Waals surface area contributed by atoms with Crippen molar-refractivity contribution < 1.29 is 13.2 Å². The van der Waals surface area contributed by atoms with Gasteiger partial charge >= 0.3 is 0 Å². The van der Waals surface area contributed by atoms with E-state index in [0.717, 1.165) is 12.3 Å². The van der Waals surface area contributed by atoms with Crippen molar-refractivity contribution >= 4 is 15.7 Å². The standard InChI is InChI=1S/C14H22N2O3S/c1-2-16-20(17,18)12-6-7-13(15)14(10-12)19-9-8-11-4-3-5-11/h6-7,10-11,16H,2-5,8-9,15H2,1H3. The summed E-state index contributed by atoms with van der Waals surface area (Å²) in [6.07, 6.45) is 4.86. The summed E-state index contributed by atoms with van der Waals surface area (Å²) in [5.74, 6) is 1.20. The minimum Gasteiger partial charge on any atom is -0.491 e. The van der Waals surface area contributed by atoms with Crippen molar-refractivity contribution in [1.29, 1.82) is 0 Å². The second-order valence-corrected chi connectivity index (χ2v) is 6.90. The van der Waals surface area contributed by atoms with E-state index >= 15 is 0 Å². The van der Waals surface area contributed by atoms with Crippen LogP contribution in [0.25, 0.3) is 0 Å². The van der Waals surface area contributed by atoms with Gasteiger partial charge in [-0.15, -0.1) is 0 Å². The number of hydrogen-bond acceptors (Lipinski definition) is 4. The van der Waals surface area contributed by atoms with Crippen molar-refractivity contribution in [1.82, 2.24) is 4.72 Å². The molecule has 0 heterocycles. The van der Waals surface area contributed by atoms with Gasteiger partial charge in [0.15, 0.2) is 0 Å². The van der Waals surface area contributed by atoms with E-state index in [9.17, 15) is 8.42 Å². The zero-order valence-electron chi connectivity index (χ0n) is 11.8. The molecule has 1 aromatic carbocycles. The lowest BCUT2D eigenvalue weighted by Gasteiger charge is -2.25. The first-order valence-corrected chi connectivity index (χ1v) is 8.53. The molecule has 2 rings (SSSR count). The van der Waals surface area contributed by atoms with E-state index in [-0.39, 0.29) is 4.90 Å². The van der Waals surface area contributed by atoms with Gasteiger partial charge in [0.1, 0.15) is 5.75 Å². The van der Waals surface area contributed by atoms with E-state index < -0.39 is 10.0 Å². The highest BCUT2D eigenvalue weighted by atomic mass is 32.2. The summed E-state index contributed by atoms with van der Waals surface area (Å²) in [7, 11) is -3.47. The lowest BCUT2D eigenvalue weighted by atomic mass is 9.83. The second kappa shape index (κ2) is 6.45. The Morgan fingerprint density at radius 2 is 2.15 bits per heavy atom. The summed E-state index contributed by atoms with van der Waals surface area (Å²) < 4.78 is 31.9. The highest BCUT2D eigenvalue weighted by molar-refractivity contribution is 7.89. The third-order valence-electron chi connectivity index (χ3n) is 3.64. The number of nitrogens with two attached hydrogens (primary N) is 1. The second-order valence-electron chi connectivity index (χ2n) is 5.14. The molecular formula is C14H22N2O3S. The van der Waals surface area contributed by atoms with Gasteiger partial charge in [-0.3, -0.25) is 0 Å². The Bertz CT molecular complexity index is 554. The normalized spacial score (nSPS) is 15.8. The summed E-state index contributed by atoms with van der Waals surface area (Å²) in [5, 5.41) is 0. The van der Waals surface area contributed by atoms with Crippen LogP contribution in [0.1, 0.15) is 32.6 Å². The fourth-order valence-corrected chi connectivity index (χ4v) is 3.25. The molecule has 0 spiro atoms. The molecule has 0 radical (unpaired) electrons. The lowest BCUT2D eigenvalue weighted by molar-refractivity contribution is 0.222. The molecule has 1 saturated carbocycles. The molecule has 0 aromatic heterocycles. The van der Waals surface area contributed by atoms with Crippen LogP contribution in [-0.2, 0) is 10.0 Å². The van der Waals surface area contributed by atoms with Gasteiger partial charge in [-0.25, -0.2) is 13.1 Å². The third-order valence-corrected chi connectivity index (χ3v) is 5.18. The number of nitrogens with one attached hydrogen (secondary N) is 1. The molecular weight excluding hydrogens is 276 g/mol. The number of benzene rings is 1. The molecule has 0 unspecified atom stereocenters. The molecule has 0 bridgehead atoms. The van der Waals surface area contributed by atoms with E-state index in [0.29, 0.717) is 24.6 Å². The number of anilines is 1. The lowest BCUT2D eigenvalue weighted by Crippen LogP contribution is -2.23. The van der Waals surface area contributed by atoms with Crippen LogP contribution >= 0.6 is 0 Å². The van der Waals surface area contributed by atoms with Gasteiger partial charge in [-0.05, 0) is 24.5 Å². The summed E-state index contributed by atoms with van der Waals surface area (Å²) >= 11 is 0. The van der Waals surface area contributed by atoms with Crippen LogP contribution in [0.3, 0.4) is 0 Å². The van der Waals surface area contributed by atoms with Gasteiger partial charge in [0, 0.05) is 12.6 Å². The van der Waals surface area contributed by atoms with E-state index in [1.807, 2.05) is 0 Å². The molecule has 0 saturated heterocycles. The zero-order chi connectivity index (χ0) is 14.6. The maximum absolute atomic E-state index is 11.9. The maximum atomic E-state index is 11.9. The van der Waals surface area contributed by atoms with E-state index in [1.165, 1.54) is 31.4 Å². The van der Waals surface area contributed by atoms with Crippen molar-refractivity contribution in [3.8, 4) is 5.75 Å². The van der Waals surface area contributed by atoms with Crippen LogP contribution in [0, 0.1) is 5.92 Å². The fraction of sp³-hybridized carbons (Fsp3) is 0.571. The van der Waals surface area contributed by atoms with Crippen LogP contribution < -0.4 is 15.2 Å². The Balaban J connectivity index is 2.03. The van der Waals surface area contributed by atoms with Gasteiger partial charge < -0.3 is 10.5 Å². The van der Waals surface area contributed by atoms with Crippen LogP contribution in [0.5, 0.6) is 5.75 Å². The Kier molecular flexibility index (Phi) is 4.88. The van der Waals surface area contributed by atoms with Crippen molar-refractivity contribution in [2.75, 3.05) is 18.9 Å². The predicted molar refractivity (Wildman–Crippen MR) is 79.2 cm³/mol. The van der Waals surface area contributed by atoms with E-state index in [4.69, 9.17) is 10.5 Å². The first-order chi connectivity index (χ1) is 9.53. The minimum atomic E-state index is -3.47. The highest BCUT2D eigenvalue weighted by Gasteiger charge is 2.18. The molecule has 6 heteroatoms. The largest absolute Gasteiger partial charge is 0.491 e. The molecule has 3 N–H and O–H groups in total. The number of rotatable bonds is 7. The first kappa shape index (κ1) is 15.1. The molecule has 112 valence electrons. The van der Waals surface area contributed by atoms with Crippen LogP contribution in [0.2, 0.25) is 0 Å². The highest BCUT2D eigenvalue weighted by Crippen LogP contribution is 2.30. The van der Waals surface area contributed by atoms with Crippen molar-refractivity contribution in [2.45, 2.75) is 37.5 Å². The number of sulfonamides is 1. The Hall–Kier alpha value is -1.27. The first-order valence-electron chi connectivity index (χ1n) is 7.05. The van der Waals surface area contributed by atoms with Crippen LogP contribution in [0.4, 0.5) is 5.69 Å². The van der Waals surface area contributed by atoms with Gasteiger partial charge in [-0.1, -0.05) is 26.2 Å². The van der Waals surface area contributed by atoms with Crippen molar-refractivity contribution in [2.24, 2.45) is 5.92 Å². The summed E-state index contributed by atoms with van der Waals surface area (Å²) in [6, 6.07) is 4.56. The van der Waals surface area contributed by atoms with E-state index in [2.05, 4.69) is 4.72 Å². The molecule has 0 aliphatic heterocycles. The monoisotopic (exact) mass is 298 g/mol. The average Bonchev–Trinajstić information content (AvgIpc) is 2.34. The molecule has 1 aromatic rings. The Morgan fingerprint density at radius 3 is 2.75 bits per heavy atom. The maximum Gasteiger partial charge on any atom is 0.240 e. The molecule has 0 amide bonds. The summed E-state index contributed by atoms with van der Waals surface area (Å²) in [4.78, 5) is 0.187. The van der Waals surface area contributed by atoms with Gasteiger partial charge in [0.2, 0.25) is 10.0 Å². The van der Waals surface area contributed by atoms with Crippen LogP contribution in [-0.4, -0.2) is 21.6 Å². The number of hydrogen-bond donors (Lipinski definition) is 2. The van der Waals surface area contributed by atoms with Crippen molar-refractivity contribution in [3.63, 3.8) is 0 Å². The molecule has 20 heavy (non-hydrogen) atoms. The van der Waals surface area contributed by atoms with Gasteiger partial charge in [0.25, 0.3) is 0 Å². The topological polar surface area (TPSA) is 81.4 Å². The van der Waals surface area contributed by atoms with E-state index in [1.54, 1.807) is 13.0 Å². The number of ether oxygens (including phenoxy) is 1. The molecule has 5 nitrogen and oxygen atoms in total. The predicted octanol–water partition coefficient (Wildman–Crippen LogP) is 2.14. The minimum absolute atomic E-state index is 0.187. The third kappa shape index (κ3) is 3.64. The number of nitrogen functional groups attached to an aromatic ring is 1. The SMILES string of the molecule is CCNS(=O)(=O)c1ccc(N)c(OCCC2CCC2)c1. The molecule has 0 atom stereocenters. The van der Waals surface area contributed by atoms with Gasteiger partial charge in [-0.2, -0.15) is 0 Å². The Labute approximate surface area is 120 Å². The van der Waals surface area contributed by atoms with Gasteiger partial charge in [0.05, 0.1) is 17.2 Å². The summed E-state index contributed by atoms with van der Waals surface area (Å²) in [5.41, 5.74) is 6.30. The fourth-order valence-electron chi connectivity index (χ4n) is 2.20. The molecule has 1 aliphatic rings.